The van der Waals surface area contributed by atoms with Gasteiger partial charge in [-0.2, -0.15) is 13.2 Å². The largest absolute Gasteiger partial charge is 0.484 e. The normalized spacial score (nSPS) is 18.3. The van der Waals surface area contributed by atoms with E-state index < -0.39 is 11.7 Å². The number of carbonyl (C=O) groups is 1. The van der Waals surface area contributed by atoms with Crippen LogP contribution < -0.4 is 10.1 Å². The van der Waals surface area contributed by atoms with Gasteiger partial charge in [-0.1, -0.05) is 0 Å². The fraction of sp³-hybridized carbons (Fsp3) is 0.533. The van der Waals surface area contributed by atoms with E-state index in [0.29, 0.717) is 13.1 Å². The number of amides is 1. The molecule has 1 N–H and O–H groups in total. The summed E-state index contributed by atoms with van der Waals surface area (Å²) in [5.74, 6) is 0.100. The number of likely N-dealkylation sites (tertiary alicyclic amines) is 1. The Bertz CT molecular complexity index is 508. The number of halogens is 4. The molecule has 1 unspecified atom stereocenters. The van der Waals surface area contributed by atoms with E-state index in [1.165, 1.54) is 12.1 Å². The molecule has 0 bridgehead atoms. The van der Waals surface area contributed by atoms with Gasteiger partial charge < -0.3 is 15.0 Å². The molecular weight excluding hydrogens is 333 g/mol. The molecular formula is C15H20ClF3N2O2. The molecule has 1 saturated heterocycles. The molecule has 0 spiro atoms. The topological polar surface area (TPSA) is 41.6 Å². The van der Waals surface area contributed by atoms with Crippen molar-refractivity contribution < 1.29 is 22.7 Å². The van der Waals surface area contributed by atoms with Crippen molar-refractivity contribution in [1.29, 1.82) is 0 Å². The third-order valence-corrected chi connectivity index (χ3v) is 3.73. The standard InChI is InChI=1S/C15H19F3N2O2.ClH/c1-19-12-3-2-8-20(9-12)14(21)10-22-13-6-4-11(5-7-13)15(16,17)18;/h4-7,12,19H,2-3,8-10H2,1H3;1H. The second-order valence-corrected chi connectivity index (χ2v) is 5.28. The lowest BCUT2D eigenvalue weighted by Gasteiger charge is -2.32. The Morgan fingerprint density at radius 1 is 1.35 bits per heavy atom. The van der Waals surface area contributed by atoms with Crippen LogP contribution >= 0.6 is 12.4 Å². The third-order valence-electron chi connectivity index (χ3n) is 3.73. The van der Waals surface area contributed by atoms with Crippen molar-refractivity contribution in [3.05, 3.63) is 29.8 Å². The van der Waals surface area contributed by atoms with Crippen LogP contribution in [0.4, 0.5) is 13.2 Å². The fourth-order valence-electron chi connectivity index (χ4n) is 2.42. The van der Waals surface area contributed by atoms with Crippen LogP contribution in [0.25, 0.3) is 0 Å². The maximum absolute atomic E-state index is 12.4. The molecule has 1 aliphatic rings. The second-order valence-electron chi connectivity index (χ2n) is 5.28. The Hall–Kier alpha value is -1.47. The molecule has 23 heavy (non-hydrogen) atoms. The van der Waals surface area contributed by atoms with Crippen LogP contribution in [0.1, 0.15) is 18.4 Å². The Morgan fingerprint density at radius 3 is 2.57 bits per heavy atom. The summed E-state index contributed by atoms with van der Waals surface area (Å²) in [6, 6.07) is 4.62. The first kappa shape index (κ1) is 19.6. The minimum atomic E-state index is -4.37. The van der Waals surface area contributed by atoms with Gasteiger partial charge in [0, 0.05) is 19.1 Å². The molecule has 0 aliphatic carbocycles. The van der Waals surface area contributed by atoms with E-state index in [1.807, 2.05) is 7.05 Å². The van der Waals surface area contributed by atoms with Crippen molar-refractivity contribution >= 4 is 18.3 Å². The van der Waals surface area contributed by atoms with E-state index in [9.17, 15) is 18.0 Å². The highest BCUT2D eigenvalue weighted by Gasteiger charge is 2.30. The van der Waals surface area contributed by atoms with Crippen LogP contribution in [0.2, 0.25) is 0 Å². The van der Waals surface area contributed by atoms with Crippen molar-refractivity contribution in [2.45, 2.75) is 25.1 Å². The highest BCUT2D eigenvalue weighted by Crippen LogP contribution is 2.30. The molecule has 8 heteroatoms. The predicted molar refractivity (Wildman–Crippen MR) is 82.8 cm³/mol. The van der Waals surface area contributed by atoms with Crippen molar-refractivity contribution in [3.63, 3.8) is 0 Å². The number of hydrogen-bond donors (Lipinski definition) is 1. The molecule has 1 amide bonds. The molecule has 1 heterocycles. The Balaban J connectivity index is 0.00000264. The molecule has 1 fully saturated rings. The van der Waals surface area contributed by atoms with E-state index in [2.05, 4.69) is 5.32 Å². The second kappa shape index (κ2) is 8.40. The zero-order chi connectivity index (χ0) is 16.2. The molecule has 4 nitrogen and oxygen atoms in total. The maximum Gasteiger partial charge on any atom is 0.416 e. The molecule has 0 radical (unpaired) electrons. The molecule has 1 atom stereocenters. The average molecular weight is 353 g/mol. The van der Waals surface area contributed by atoms with Crippen molar-refractivity contribution in [2.75, 3.05) is 26.7 Å². The van der Waals surface area contributed by atoms with E-state index in [-0.39, 0.29) is 36.7 Å². The van der Waals surface area contributed by atoms with E-state index in [1.54, 1.807) is 4.90 Å². The summed E-state index contributed by atoms with van der Waals surface area (Å²) in [7, 11) is 1.86. The smallest absolute Gasteiger partial charge is 0.416 e. The van der Waals surface area contributed by atoms with E-state index in [0.717, 1.165) is 25.0 Å². The van der Waals surface area contributed by atoms with E-state index in [4.69, 9.17) is 4.74 Å². The summed E-state index contributed by atoms with van der Waals surface area (Å²) in [5, 5.41) is 3.14. The molecule has 130 valence electrons. The first-order valence-electron chi connectivity index (χ1n) is 7.15. The van der Waals surface area contributed by atoms with Crippen LogP contribution in [0, 0.1) is 0 Å². The van der Waals surface area contributed by atoms with Gasteiger partial charge in [0.1, 0.15) is 5.75 Å². The Kier molecular flexibility index (Phi) is 7.15. The lowest BCUT2D eigenvalue weighted by atomic mass is 10.1. The van der Waals surface area contributed by atoms with Crippen molar-refractivity contribution in [3.8, 4) is 5.75 Å². The van der Waals surface area contributed by atoms with Crippen LogP contribution in [0.15, 0.2) is 24.3 Å². The fourth-order valence-corrected chi connectivity index (χ4v) is 2.42. The van der Waals surface area contributed by atoms with Crippen LogP contribution in [-0.2, 0) is 11.0 Å². The van der Waals surface area contributed by atoms with Gasteiger partial charge in [0.2, 0.25) is 0 Å². The predicted octanol–water partition coefficient (Wildman–Crippen LogP) is 2.72. The first-order chi connectivity index (χ1) is 10.4. The number of hydrogen-bond acceptors (Lipinski definition) is 3. The number of alkyl halides is 3. The average Bonchev–Trinajstić information content (AvgIpc) is 2.52. The molecule has 1 aromatic carbocycles. The molecule has 0 aromatic heterocycles. The summed E-state index contributed by atoms with van der Waals surface area (Å²) in [5.41, 5.74) is -0.737. The van der Waals surface area contributed by atoms with Crippen molar-refractivity contribution in [2.24, 2.45) is 0 Å². The summed E-state index contributed by atoms with van der Waals surface area (Å²) in [6.07, 6.45) is -2.41. The van der Waals surface area contributed by atoms with Gasteiger partial charge in [0.05, 0.1) is 5.56 Å². The third kappa shape index (κ3) is 5.58. The lowest BCUT2D eigenvalue weighted by molar-refractivity contribution is -0.138. The maximum atomic E-state index is 12.4. The summed E-state index contributed by atoms with van der Waals surface area (Å²) in [6.45, 7) is 1.15. The van der Waals surface area contributed by atoms with Crippen LogP contribution in [-0.4, -0.2) is 43.6 Å². The monoisotopic (exact) mass is 352 g/mol. The SMILES string of the molecule is CNC1CCCN(C(=O)COc2ccc(C(F)(F)F)cc2)C1.Cl. The summed E-state index contributed by atoms with van der Waals surface area (Å²) >= 11 is 0. The number of ether oxygens (including phenoxy) is 1. The van der Waals surface area contributed by atoms with Gasteiger partial charge in [-0.05, 0) is 44.2 Å². The van der Waals surface area contributed by atoms with Gasteiger partial charge in [-0.25, -0.2) is 0 Å². The van der Waals surface area contributed by atoms with Crippen molar-refractivity contribution in [1.82, 2.24) is 10.2 Å². The van der Waals surface area contributed by atoms with E-state index >= 15 is 0 Å². The number of nitrogens with zero attached hydrogens (tertiary/aromatic N) is 1. The minimum absolute atomic E-state index is 0. The van der Waals surface area contributed by atoms with Gasteiger partial charge >= 0.3 is 6.18 Å². The van der Waals surface area contributed by atoms with Gasteiger partial charge in [0.25, 0.3) is 5.91 Å². The number of nitrogens with one attached hydrogen (secondary N) is 1. The number of rotatable bonds is 4. The minimum Gasteiger partial charge on any atom is -0.484 e. The molecule has 0 saturated carbocycles. The first-order valence-corrected chi connectivity index (χ1v) is 7.15. The molecule has 2 rings (SSSR count). The molecule has 1 aromatic rings. The van der Waals surface area contributed by atoms with Gasteiger partial charge in [-0.15, -0.1) is 12.4 Å². The van der Waals surface area contributed by atoms with Gasteiger partial charge in [0.15, 0.2) is 6.61 Å². The van der Waals surface area contributed by atoms with Crippen LogP contribution in [0.5, 0.6) is 5.75 Å². The Morgan fingerprint density at radius 2 is 2.00 bits per heavy atom. The van der Waals surface area contributed by atoms with Crippen LogP contribution in [0.3, 0.4) is 0 Å². The summed E-state index contributed by atoms with van der Waals surface area (Å²) in [4.78, 5) is 13.8. The van der Waals surface area contributed by atoms with Gasteiger partial charge in [-0.3, -0.25) is 4.79 Å². The summed E-state index contributed by atoms with van der Waals surface area (Å²) < 4.78 is 42.6. The molecule has 1 aliphatic heterocycles. The lowest BCUT2D eigenvalue weighted by Crippen LogP contribution is -2.48. The highest BCUT2D eigenvalue weighted by atomic mass is 35.5. The Labute approximate surface area is 139 Å². The number of carbonyl (C=O) groups excluding carboxylic acids is 1. The highest BCUT2D eigenvalue weighted by molar-refractivity contribution is 5.85. The zero-order valence-electron chi connectivity index (χ0n) is 12.7. The number of likely N-dealkylation sites (N-methyl/N-ethyl adjacent to an activating group) is 1. The number of piperidine rings is 1. The zero-order valence-corrected chi connectivity index (χ0v) is 13.5. The number of benzene rings is 1. The quantitative estimate of drug-likeness (QED) is 0.906.